The Morgan fingerprint density at radius 2 is 2.11 bits per heavy atom. The lowest BCUT2D eigenvalue weighted by Crippen LogP contribution is -2.46. The fraction of sp³-hybridized carbons (Fsp3) is 0.600. The molecule has 104 valence electrons. The molecule has 0 aromatic heterocycles. The molecule has 4 nitrogen and oxygen atoms in total. The number of ether oxygens (including phenoxy) is 3. The molecular formula is C15H21NO3. The van der Waals surface area contributed by atoms with Crippen molar-refractivity contribution in [2.24, 2.45) is 0 Å². The van der Waals surface area contributed by atoms with Crippen molar-refractivity contribution in [2.45, 2.75) is 44.0 Å². The van der Waals surface area contributed by atoms with Crippen LogP contribution in [0, 0.1) is 0 Å². The fourth-order valence-corrected chi connectivity index (χ4v) is 3.06. The van der Waals surface area contributed by atoms with E-state index in [0.717, 1.165) is 37.0 Å². The Morgan fingerprint density at radius 1 is 1.32 bits per heavy atom. The minimum Gasteiger partial charge on any atom is -0.460 e. The highest BCUT2D eigenvalue weighted by atomic mass is 16.7. The van der Waals surface area contributed by atoms with Crippen molar-refractivity contribution in [2.75, 3.05) is 19.5 Å². The lowest BCUT2D eigenvalue weighted by atomic mass is 9.92. The zero-order chi connectivity index (χ0) is 13.3. The summed E-state index contributed by atoms with van der Waals surface area (Å²) >= 11 is 0. The highest BCUT2D eigenvalue weighted by molar-refractivity contribution is 5.58. The smallest absolute Gasteiger partial charge is 0.211 e. The molecule has 2 N–H and O–H groups in total. The maximum Gasteiger partial charge on any atom is 0.211 e. The van der Waals surface area contributed by atoms with Crippen molar-refractivity contribution in [3.63, 3.8) is 0 Å². The monoisotopic (exact) mass is 263 g/mol. The number of fused-ring (bicyclic) bond motifs is 1. The van der Waals surface area contributed by atoms with Crippen LogP contribution in [-0.2, 0) is 9.47 Å². The Balaban J connectivity index is 1.97. The van der Waals surface area contributed by atoms with Crippen LogP contribution in [0.25, 0.3) is 0 Å². The molecule has 2 aliphatic rings. The van der Waals surface area contributed by atoms with Crippen LogP contribution in [0.1, 0.15) is 43.8 Å². The summed E-state index contributed by atoms with van der Waals surface area (Å²) in [6.07, 6.45) is 5.31. The molecule has 3 rings (SSSR count). The zero-order valence-electron chi connectivity index (χ0n) is 11.4. The summed E-state index contributed by atoms with van der Waals surface area (Å²) in [6.45, 7) is 0.529. The number of nitrogen functional groups attached to an aromatic ring is 1. The molecule has 1 aromatic carbocycles. The van der Waals surface area contributed by atoms with Crippen molar-refractivity contribution in [3.05, 3.63) is 23.8 Å². The van der Waals surface area contributed by atoms with Gasteiger partial charge in [0, 0.05) is 25.5 Å². The van der Waals surface area contributed by atoms with E-state index in [0.29, 0.717) is 12.3 Å². The molecular weight excluding hydrogens is 242 g/mol. The molecule has 1 aliphatic heterocycles. The van der Waals surface area contributed by atoms with E-state index >= 15 is 0 Å². The molecule has 1 spiro atoms. The molecule has 1 atom stereocenters. The number of hydrogen-bond donors (Lipinski definition) is 1. The Labute approximate surface area is 113 Å². The van der Waals surface area contributed by atoms with Crippen molar-refractivity contribution in [1.29, 1.82) is 0 Å². The number of nitrogens with two attached hydrogens (primary N) is 1. The third kappa shape index (κ3) is 2.30. The molecule has 0 unspecified atom stereocenters. The van der Waals surface area contributed by atoms with Gasteiger partial charge in [0.15, 0.2) is 5.75 Å². The predicted molar refractivity (Wildman–Crippen MR) is 73.0 cm³/mol. The van der Waals surface area contributed by atoms with E-state index in [-0.39, 0.29) is 6.10 Å². The van der Waals surface area contributed by atoms with Gasteiger partial charge in [-0.3, -0.25) is 0 Å². The number of hydrogen-bond acceptors (Lipinski definition) is 4. The standard InChI is InChI=1S/C15H21NO3/c1-17-10-13-11-6-5-7-12(16)14(11)19-15(18-13)8-3-2-4-9-15/h5-7,13H,2-4,8-10,16H2,1H3/t13-/m0/s1. The van der Waals surface area contributed by atoms with E-state index in [4.69, 9.17) is 19.9 Å². The van der Waals surface area contributed by atoms with Crippen LogP contribution in [0.4, 0.5) is 5.69 Å². The van der Waals surface area contributed by atoms with Gasteiger partial charge in [0.25, 0.3) is 0 Å². The van der Waals surface area contributed by atoms with Gasteiger partial charge in [0.2, 0.25) is 5.79 Å². The van der Waals surface area contributed by atoms with E-state index in [9.17, 15) is 0 Å². The van der Waals surface area contributed by atoms with E-state index in [1.807, 2.05) is 18.2 Å². The molecule has 1 fully saturated rings. The predicted octanol–water partition coefficient (Wildman–Crippen LogP) is 3.03. The van der Waals surface area contributed by atoms with Gasteiger partial charge in [-0.2, -0.15) is 0 Å². The van der Waals surface area contributed by atoms with Crippen LogP contribution in [0.15, 0.2) is 18.2 Å². The summed E-state index contributed by atoms with van der Waals surface area (Å²) in [4.78, 5) is 0. The highest BCUT2D eigenvalue weighted by Crippen LogP contribution is 2.47. The van der Waals surface area contributed by atoms with Gasteiger partial charge in [0.05, 0.1) is 12.3 Å². The summed E-state index contributed by atoms with van der Waals surface area (Å²) in [5.74, 6) is 0.293. The maximum atomic E-state index is 6.23. The molecule has 19 heavy (non-hydrogen) atoms. The second kappa shape index (κ2) is 5.02. The first-order valence-corrected chi connectivity index (χ1v) is 6.98. The van der Waals surface area contributed by atoms with Gasteiger partial charge < -0.3 is 19.9 Å². The van der Waals surface area contributed by atoms with Crippen LogP contribution >= 0.6 is 0 Å². The Bertz CT molecular complexity index is 455. The summed E-state index contributed by atoms with van der Waals surface area (Å²) in [6, 6.07) is 5.82. The lowest BCUT2D eigenvalue weighted by Gasteiger charge is -2.44. The van der Waals surface area contributed by atoms with E-state index in [2.05, 4.69) is 0 Å². The summed E-state index contributed by atoms with van der Waals surface area (Å²) in [5, 5.41) is 0. The summed E-state index contributed by atoms with van der Waals surface area (Å²) < 4.78 is 17.7. The first kappa shape index (κ1) is 12.8. The number of anilines is 1. The molecule has 1 aromatic rings. The minimum absolute atomic E-state index is 0.0876. The highest BCUT2D eigenvalue weighted by Gasteiger charge is 2.43. The van der Waals surface area contributed by atoms with Crippen molar-refractivity contribution >= 4 is 5.69 Å². The number of benzene rings is 1. The lowest BCUT2D eigenvalue weighted by molar-refractivity contribution is -0.251. The average Bonchev–Trinajstić information content (AvgIpc) is 2.41. The number of para-hydroxylation sites is 1. The Hall–Kier alpha value is -1.26. The van der Waals surface area contributed by atoms with E-state index in [1.165, 1.54) is 6.42 Å². The van der Waals surface area contributed by atoms with Crippen molar-refractivity contribution in [3.8, 4) is 5.75 Å². The molecule has 1 aliphatic carbocycles. The summed E-state index contributed by atoms with van der Waals surface area (Å²) in [5.41, 5.74) is 7.75. The number of rotatable bonds is 2. The van der Waals surface area contributed by atoms with Crippen LogP contribution in [0.3, 0.4) is 0 Å². The zero-order valence-corrected chi connectivity index (χ0v) is 11.4. The van der Waals surface area contributed by atoms with Crippen LogP contribution in [-0.4, -0.2) is 19.5 Å². The van der Waals surface area contributed by atoms with Crippen LogP contribution in [0.2, 0.25) is 0 Å². The molecule has 0 radical (unpaired) electrons. The topological polar surface area (TPSA) is 53.7 Å². The van der Waals surface area contributed by atoms with Crippen LogP contribution in [0.5, 0.6) is 5.75 Å². The maximum absolute atomic E-state index is 6.23. The second-order valence-electron chi connectivity index (χ2n) is 5.40. The second-order valence-corrected chi connectivity index (χ2v) is 5.40. The molecule has 1 heterocycles. The van der Waals surface area contributed by atoms with Gasteiger partial charge >= 0.3 is 0 Å². The van der Waals surface area contributed by atoms with Gasteiger partial charge in [-0.25, -0.2) is 0 Å². The fourth-order valence-electron chi connectivity index (χ4n) is 3.06. The molecule has 0 saturated heterocycles. The minimum atomic E-state index is -0.496. The molecule has 0 amide bonds. The quantitative estimate of drug-likeness (QED) is 0.833. The normalized spacial score (nSPS) is 24.8. The molecule has 0 bridgehead atoms. The van der Waals surface area contributed by atoms with E-state index < -0.39 is 5.79 Å². The first-order valence-electron chi connectivity index (χ1n) is 6.98. The van der Waals surface area contributed by atoms with Crippen molar-refractivity contribution in [1.82, 2.24) is 0 Å². The Morgan fingerprint density at radius 3 is 2.84 bits per heavy atom. The molecule has 4 heteroatoms. The van der Waals surface area contributed by atoms with Gasteiger partial charge in [-0.15, -0.1) is 0 Å². The Kier molecular flexibility index (Phi) is 3.37. The van der Waals surface area contributed by atoms with Crippen molar-refractivity contribution < 1.29 is 14.2 Å². The van der Waals surface area contributed by atoms with Crippen LogP contribution < -0.4 is 10.5 Å². The third-order valence-corrected chi connectivity index (χ3v) is 4.00. The molecule has 1 saturated carbocycles. The van der Waals surface area contributed by atoms with Gasteiger partial charge in [-0.05, 0) is 18.9 Å². The first-order chi connectivity index (χ1) is 9.24. The van der Waals surface area contributed by atoms with Gasteiger partial charge in [-0.1, -0.05) is 18.6 Å². The number of methoxy groups -OCH3 is 1. The average molecular weight is 263 g/mol. The van der Waals surface area contributed by atoms with Gasteiger partial charge in [0.1, 0.15) is 6.10 Å². The van der Waals surface area contributed by atoms with E-state index in [1.54, 1.807) is 7.11 Å². The summed E-state index contributed by atoms with van der Waals surface area (Å²) in [7, 11) is 1.69. The third-order valence-electron chi connectivity index (χ3n) is 4.00. The SMILES string of the molecule is COC[C@@H]1OC2(CCCCC2)Oc2c(N)cccc21. The largest absolute Gasteiger partial charge is 0.460 e.